The Balaban J connectivity index is 2.84. The van der Waals surface area contributed by atoms with Crippen LogP contribution in [0, 0.1) is 0 Å². The van der Waals surface area contributed by atoms with E-state index in [1.165, 1.54) is 44.9 Å². The van der Waals surface area contributed by atoms with Gasteiger partial charge in [0, 0.05) is 0 Å². The molecule has 2 heteroatoms. The van der Waals surface area contributed by atoms with Crippen LogP contribution in [0.1, 0.15) is 64.7 Å². The predicted octanol–water partition coefficient (Wildman–Crippen LogP) is 5.21. The van der Waals surface area contributed by atoms with Crippen molar-refractivity contribution in [2.75, 3.05) is 0 Å². The molecule has 0 aromatic carbocycles. The van der Waals surface area contributed by atoms with E-state index < -0.39 is 5.08 Å². The van der Waals surface area contributed by atoms with Crippen molar-refractivity contribution < 1.29 is 4.39 Å². The quantitative estimate of drug-likeness (QED) is 0.391. The first-order valence-corrected chi connectivity index (χ1v) is 6.47. The van der Waals surface area contributed by atoms with E-state index in [4.69, 9.17) is 0 Å². The second-order valence-electron chi connectivity index (χ2n) is 3.65. The van der Waals surface area contributed by atoms with Crippen LogP contribution in [0.2, 0.25) is 0 Å². The lowest BCUT2D eigenvalue weighted by Crippen LogP contribution is -1.87. The van der Waals surface area contributed by atoms with Gasteiger partial charge in [-0.3, -0.25) is 0 Å². The van der Waals surface area contributed by atoms with Crippen LogP contribution >= 0.6 is 15.9 Å². The fourth-order valence-corrected chi connectivity index (χ4v) is 1.76. The Morgan fingerprint density at radius 3 is 1.85 bits per heavy atom. The monoisotopic (exact) mass is 252 g/mol. The van der Waals surface area contributed by atoms with Gasteiger partial charge < -0.3 is 0 Å². The molecule has 0 aliphatic carbocycles. The SMILES string of the molecule is CCCCCCCCCCC(F)Br. The van der Waals surface area contributed by atoms with E-state index in [1.807, 2.05) is 0 Å². The minimum absolute atomic E-state index is 0.676. The van der Waals surface area contributed by atoms with Gasteiger partial charge in [-0.1, -0.05) is 67.8 Å². The average Bonchev–Trinajstić information content (AvgIpc) is 2.09. The van der Waals surface area contributed by atoms with Gasteiger partial charge in [0.2, 0.25) is 0 Å². The Kier molecular flexibility index (Phi) is 10.8. The summed E-state index contributed by atoms with van der Waals surface area (Å²) < 4.78 is 12.3. The van der Waals surface area contributed by atoms with Crippen molar-refractivity contribution in [2.45, 2.75) is 69.8 Å². The van der Waals surface area contributed by atoms with Gasteiger partial charge in [-0.2, -0.15) is 0 Å². The molecule has 13 heavy (non-hydrogen) atoms. The Labute approximate surface area is 90.4 Å². The zero-order chi connectivity index (χ0) is 9.94. The Bertz CT molecular complexity index is 94.1. The number of hydrogen-bond donors (Lipinski definition) is 0. The molecule has 0 radical (unpaired) electrons. The molecule has 0 amide bonds. The lowest BCUT2D eigenvalue weighted by Gasteiger charge is -2.01. The first kappa shape index (κ1) is 13.4. The van der Waals surface area contributed by atoms with Gasteiger partial charge in [-0.15, -0.1) is 0 Å². The van der Waals surface area contributed by atoms with Gasteiger partial charge >= 0.3 is 0 Å². The Morgan fingerprint density at radius 1 is 0.923 bits per heavy atom. The van der Waals surface area contributed by atoms with Crippen LogP contribution < -0.4 is 0 Å². The van der Waals surface area contributed by atoms with E-state index >= 15 is 0 Å². The van der Waals surface area contributed by atoms with Crippen molar-refractivity contribution in [3.8, 4) is 0 Å². The summed E-state index contributed by atoms with van der Waals surface area (Å²) in [5, 5.41) is -0.785. The second-order valence-corrected chi connectivity index (χ2v) is 4.65. The number of halogens is 2. The summed E-state index contributed by atoms with van der Waals surface area (Å²) in [6.07, 6.45) is 10.9. The standard InChI is InChI=1S/C11H22BrF/c1-2-3-4-5-6-7-8-9-10-11(12)13/h11H,2-10H2,1H3. The lowest BCUT2D eigenvalue weighted by atomic mass is 10.1. The molecule has 0 aromatic heterocycles. The molecule has 0 aromatic rings. The molecule has 0 aliphatic heterocycles. The van der Waals surface area contributed by atoms with E-state index in [2.05, 4.69) is 22.9 Å². The smallest absolute Gasteiger partial charge is 0.154 e. The number of rotatable bonds is 9. The number of unbranched alkanes of at least 4 members (excludes halogenated alkanes) is 7. The van der Waals surface area contributed by atoms with Crippen LogP contribution in [-0.2, 0) is 0 Å². The summed E-state index contributed by atoms with van der Waals surface area (Å²) >= 11 is 2.91. The minimum Gasteiger partial charge on any atom is -0.235 e. The third-order valence-corrected chi connectivity index (χ3v) is 2.73. The molecule has 0 saturated carbocycles. The zero-order valence-electron chi connectivity index (χ0n) is 8.70. The van der Waals surface area contributed by atoms with Gasteiger partial charge in [0.05, 0.1) is 0 Å². The van der Waals surface area contributed by atoms with Crippen molar-refractivity contribution >= 4 is 15.9 Å². The maximum Gasteiger partial charge on any atom is 0.154 e. The lowest BCUT2D eigenvalue weighted by molar-refractivity contribution is 0.419. The largest absolute Gasteiger partial charge is 0.235 e. The molecular weight excluding hydrogens is 231 g/mol. The van der Waals surface area contributed by atoms with Crippen LogP contribution in [0.4, 0.5) is 4.39 Å². The maximum absolute atomic E-state index is 12.3. The predicted molar refractivity (Wildman–Crippen MR) is 61.1 cm³/mol. The van der Waals surface area contributed by atoms with Gasteiger partial charge in [0.1, 0.15) is 0 Å². The van der Waals surface area contributed by atoms with Crippen molar-refractivity contribution in [1.82, 2.24) is 0 Å². The van der Waals surface area contributed by atoms with E-state index in [9.17, 15) is 4.39 Å². The van der Waals surface area contributed by atoms with Gasteiger partial charge in [0.15, 0.2) is 5.08 Å². The van der Waals surface area contributed by atoms with E-state index in [-0.39, 0.29) is 0 Å². The highest BCUT2D eigenvalue weighted by Crippen LogP contribution is 2.14. The van der Waals surface area contributed by atoms with Crippen LogP contribution in [0.15, 0.2) is 0 Å². The molecule has 1 unspecified atom stereocenters. The van der Waals surface area contributed by atoms with E-state index in [1.54, 1.807) is 0 Å². The number of alkyl halides is 2. The van der Waals surface area contributed by atoms with Crippen molar-refractivity contribution in [3.63, 3.8) is 0 Å². The summed E-state index contributed by atoms with van der Waals surface area (Å²) in [7, 11) is 0. The van der Waals surface area contributed by atoms with Gasteiger partial charge in [0.25, 0.3) is 0 Å². The fraction of sp³-hybridized carbons (Fsp3) is 1.00. The third-order valence-electron chi connectivity index (χ3n) is 2.28. The van der Waals surface area contributed by atoms with Crippen LogP contribution in [0.3, 0.4) is 0 Å². The first-order valence-electron chi connectivity index (χ1n) is 5.55. The third kappa shape index (κ3) is 12.4. The molecule has 0 aliphatic rings. The molecule has 0 nitrogen and oxygen atoms in total. The van der Waals surface area contributed by atoms with Crippen molar-refractivity contribution in [2.24, 2.45) is 0 Å². The van der Waals surface area contributed by atoms with Crippen molar-refractivity contribution in [1.29, 1.82) is 0 Å². The summed E-state index contributed by atoms with van der Waals surface area (Å²) in [6.45, 7) is 2.23. The Hall–Kier alpha value is 0.410. The minimum atomic E-state index is -0.785. The first-order chi connectivity index (χ1) is 6.27. The normalized spacial score (nSPS) is 13.2. The molecule has 0 bridgehead atoms. The molecular formula is C11H22BrF. The van der Waals surface area contributed by atoms with Gasteiger partial charge in [-0.05, 0) is 12.8 Å². The molecule has 1 atom stereocenters. The van der Waals surface area contributed by atoms with E-state index in [0.717, 1.165) is 6.42 Å². The molecule has 0 rings (SSSR count). The van der Waals surface area contributed by atoms with Crippen molar-refractivity contribution in [3.05, 3.63) is 0 Å². The molecule has 0 N–H and O–H groups in total. The maximum atomic E-state index is 12.3. The molecule has 0 fully saturated rings. The highest BCUT2D eigenvalue weighted by molar-refractivity contribution is 9.09. The van der Waals surface area contributed by atoms with Crippen LogP contribution in [0.5, 0.6) is 0 Å². The van der Waals surface area contributed by atoms with Gasteiger partial charge in [-0.25, -0.2) is 4.39 Å². The van der Waals surface area contributed by atoms with E-state index in [0.29, 0.717) is 6.42 Å². The molecule has 80 valence electrons. The summed E-state index contributed by atoms with van der Waals surface area (Å²) in [5.41, 5.74) is 0. The summed E-state index contributed by atoms with van der Waals surface area (Å²) in [4.78, 5) is 0. The highest BCUT2D eigenvalue weighted by Gasteiger charge is 1.98. The summed E-state index contributed by atoms with van der Waals surface area (Å²) in [6, 6.07) is 0. The van der Waals surface area contributed by atoms with Crippen LogP contribution in [-0.4, -0.2) is 5.08 Å². The fourth-order valence-electron chi connectivity index (χ4n) is 1.43. The molecule has 0 heterocycles. The summed E-state index contributed by atoms with van der Waals surface area (Å²) in [5.74, 6) is 0. The number of hydrogen-bond acceptors (Lipinski definition) is 0. The average molecular weight is 253 g/mol. The Morgan fingerprint density at radius 2 is 1.38 bits per heavy atom. The highest BCUT2D eigenvalue weighted by atomic mass is 79.9. The molecule has 0 spiro atoms. The zero-order valence-corrected chi connectivity index (χ0v) is 10.3. The van der Waals surface area contributed by atoms with Crippen LogP contribution in [0.25, 0.3) is 0 Å². The second kappa shape index (κ2) is 10.5. The topological polar surface area (TPSA) is 0 Å². The molecule has 0 saturated heterocycles.